The summed E-state index contributed by atoms with van der Waals surface area (Å²) in [5.41, 5.74) is -0.0602. The molecule has 0 aliphatic carbocycles. The second-order valence-corrected chi connectivity index (χ2v) is 2.41. The van der Waals surface area contributed by atoms with Crippen molar-refractivity contribution >= 4 is 11.9 Å². The van der Waals surface area contributed by atoms with Crippen molar-refractivity contribution < 1.29 is 29.9 Å². The highest BCUT2D eigenvalue weighted by molar-refractivity contribution is 5.90. The molecule has 0 unspecified atom stereocenters. The standard InChI is InChI=1S/C7H6O4.C2H4O2/c8-7(9)5-3-1-2-4-6(5)11-10;1-2(3)4/h1-4,10H,(H,8,9);1H3,(H,3,4). The number of aliphatic carboxylic acids is 1. The van der Waals surface area contributed by atoms with Gasteiger partial charge in [-0.1, -0.05) is 12.1 Å². The van der Waals surface area contributed by atoms with Crippen LogP contribution in [-0.4, -0.2) is 27.4 Å². The van der Waals surface area contributed by atoms with Gasteiger partial charge in [-0.3, -0.25) is 4.79 Å². The van der Waals surface area contributed by atoms with Crippen LogP contribution in [0, 0.1) is 0 Å². The van der Waals surface area contributed by atoms with Gasteiger partial charge < -0.3 is 15.1 Å². The Balaban J connectivity index is 0.000000423. The number of carboxylic acid groups (broad SMARTS) is 2. The Morgan fingerprint density at radius 3 is 2.00 bits per heavy atom. The van der Waals surface area contributed by atoms with Gasteiger partial charge in [-0.2, -0.15) is 0 Å². The third-order valence-corrected chi connectivity index (χ3v) is 1.22. The quantitative estimate of drug-likeness (QED) is 0.506. The molecule has 0 radical (unpaired) electrons. The lowest BCUT2D eigenvalue weighted by Crippen LogP contribution is -1.99. The van der Waals surface area contributed by atoms with E-state index in [0.29, 0.717) is 0 Å². The molecule has 82 valence electrons. The Kier molecular flexibility index (Phi) is 5.50. The fraction of sp³-hybridized carbons (Fsp3) is 0.111. The highest BCUT2D eigenvalue weighted by atomic mass is 17.1. The van der Waals surface area contributed by atoms with Crippen molar-refractivity contribution in [2.24, 2.45) is 0 Å². The number of carboxylic acids is 2. The van der Waals surface area contributed by atoms with Crippen molar-refractivity contribution in [3.63, 3.8) is 0 Å². The highest BCUT2D eigenvalue weighted by Gasteiger charge is 2.09. The van der Waals surface area contributed by atoms with E-state index in [2.05, 4.69) is 4.89 Å². The van der Waals surface area contributed by atoms with Crippen LogP contribution in [0.15, 0.2) is 24.3 Å². The summed E-state index contributed by atoms with van der Waals surface area (Å²) >= 11 is 0. The van der Waals surface area contributed by atoms with Crippen LogP contribution >= 0.6 is 0 Å². The van der Waals surface area contributed by atoms with Crippen LogP contribution in [0.5, 0.6) is 5.75 Å². The van der Waals surface area contributed by atoms with E-state index in [1.54, 1.807) is 12.1 Å². The van der Waals surface area contributed by atoms with Crippen LogP contribution < -0.4 is 4.89 Å². The second kappa shape index (κ2) is 6.39. The SMILES string of the molecule is CC(=O)O.O=C(O)c1ccccc1OO. The average Bonchev–Trinajstić information content (AvgIpc) is 2.16. The minimum absolute atomic E-state index is 0.0556. The summed E-state index contributed by atoms with van der Waals surface area (Å²) in [5.74, 6) is -2.02. The average molecular weight is 214 g/mol. The lowest BCUT2D eigenvalue weighted by molar-refractivity contribution is -0.138. The predicted octanol–water partition coefficient (Wildman–Crippen LogP) is 1.33. The monoisotopic (exact) mass is 214 g/mol. The molecule has 0 saturated carbocycles. The molecule has 0 aliphatic heterocycles. The van der Waals surface area contributed by atoms with E-state index in [9.17, 15) is 4.79 Å². The van der Waals surface area contributed by atoms with E-state index in [1.165, 1.54) is 12.1 Å². The van der Waals surface area contributed by atoms with Crippen molar-refractivity contribution in [3.05, 3.63) is 29.8 Å². The lowest BCUT2D eigenvalue weighted by atomic mass is 10.2. The molecule has 0 fully saturated rings. The molecular weight excluding hydrogens is 204 g/mol. The van der Waals surface area contributed by atoms with E-state index in [1.807, 2.05) is 0 Å². The number of para-hydroxylation sites is 1. The van der Waals surface area contributed by atoms with E-state index < -0.39 is 11.9 Å². The fourth-order valence-corrected chi connectivity index (χ4v) is 0.723. The number of benzene rings is 1. The molecule has 1 aromatic carbocycles. The van der Waals surface area contributed by atoms with Crippen molar-refractivity contribution in [2.75, 3.05) is 0 Å². The molecule has 3 N–H and O–H groups in total. The first-order valence-corrected chi connectivity index (χ1v) is 3.82. The molecule has 0 bridgehead atoms. The summed E-state index contributed by atoms with van der Waals surface area (Å²) < 4.78 is 0. The van der Waals surface area contributed by atoms with Gasteiger partial charge in [0, 0.05) is 6.92 Å². The second-order valence-electron chi connectivity index (χ2n) is 2.41. The maximum Gasteiger partial charge on any atom is 0.339 e. The zero-order chi connectivity index (χ0) is 11.8. The summed E-state index contributed by atoms with van der Waals surface area (Å²) in [6, 6.07) is 5.82. The van der Waals surface area contributed by atoms with E-state index in [-0.39, 0.29) is 11.3 Å². The highest BCUT2D eigenvalue weighted by Crippen LogP contribution is 2.16. The maximum atomic E-state index is 10.4. The van der Waals surface area contributed by atoms with Crippen molar-refractivity contribution in [1.82, 2.24) is 0 Å². The summed E-state index contributed by atoms with van der Waals surface area (Å²) in [7, 11) is 0. The fourth-order valence-electron chi connectivity index (χ4n) is 0.723. The number of rotatable bonds is 2. The normalized spacial score (nSPS) is 8.40. The van der Waals surface area contributed by atoms with Gasteiger partial charge in [-0.25, -0.2) is 10.1 Å². The molecule has 0 aromatic heterocycles. The zero-order valence-electron chi connectivity index (χ0n) is 7.88. The first-order valence-electron chi connectivity index (χ1n) is 3.82. The van der Waals surface area contributed by atoms with Gasteiger partial charge in [0.2, 0.25) is 0 Å². The van der Waals surface area contributed by atoms with Gasteiger partial charge in [0.1, 0.15) is 5.56 Å². The largest absolute Gasteiger partial charge is 0.481 e. The Bertz CT molecular complexity index is 342. The van der Waals surface area contributed by atoms with Gasteiger partial charge in [0.05, 0.1) is 0 Å². The Morgan fingerprint density at radius 1 is 1.20 bits per heavy atom. The Labute approximate surface area is 85.3 Å². The summed E-state index contributed by atoms with van der Waals surface area (Å²) in [6.45, 7) is 1.08. The molecule has 0 spiro atoms. The lowest BCUT2D eigenvalue weighted by Gasteiger charge is -1.99. The first-order chi connectivity index (χ1) is 6.99. The first kappa shape index (κ1) is 12.9. The van der Waals surface area contributed by atoms with E-state index in [4.69, 9.17) is 20.3 Å². The van der Waals surface area contributed by atoms with Gasteiger partial charge >= 0.3 is 5.97 Å². The van der Waals surface area contributed by atoms with Crippen LogP contribution in [0.1, 0.15) is 17.3 Å². The Hall–Kier alpha value is -2.08. The number of aromatic carboxylic acids is 1. The van der Waals surface area contributed by atoms with Gasteiger partial charge in [0.25, 0.3) is 5.97 Å². The molecule has 0 amide bonds. The third kappa shape index (κ3) is 5.27. The molecule has 1 aromatic rings. The van der Waals surface area contributed by atoms with Crippen LogP contribution in [0.25, 0.3) is 0 Å². The molecule has 6 nitrogen and oxygen atoms in total. The third-order valence-electron chi connectivity index (χ3n) is 1.22. The molecule has 6 heteroatoms. The van der Waals surface area contributed by atoms with Crippen LogP contribution in [0.4, 0.5) is 0 Å². The van der Waals surface area contributed by atoms with Gasteiger partial charge in [-0.15, -0.1) is 0 Å². The van der Waals surface area contributed by atoms with Gasteiger partial charge in [-0.05, 0) is 12.1 Å². The topological polar surface area (TPSA) is 104 Å². The number of hydrogen-bond donors (Lipinski definition) is 3. The van der Waals surface area contributed by atoms with Crippen LogP contribution in [0.3, 0.4) is 0 Å². The molecule has 0 atom stereocenters. The zero-order valence-corrected chi connectivity index (χ0v) is 7.88. The smallest absolute Gasteiger partial charge is 0.339 e. The number of carbonyl (C=O) groups is 2. The van der Waals surface area contributed by atoms with E-state index in [0.717, 1.165) is 6.92 Å². The summed E-state index contributed by atoms with van der Waals surface area (Å²) in [5, 5.41) is 24.1. The minimum atomic E-state index is -1.13. The van der Waals surface area contributed by atoms with Gasteiger partial charge in [0.15, 0.2) is 5.75 Å². The van der Waals surface area contributed by atoms with Crippen LogP contribution in [0.2, 0.25) is 0 Å². The summed E-state index contributed by atoms with van der Waals surface area (Å²) in [4.78, 5) is 23.2. The van der Waals surface area contributed by atoms with Crippen molar-refractivity contribution in [1.29, 1.82) is 0 Å². The summed E-state index contributed by atoms with van der Waals surface area (Å²) in [6.07, 6.45) is 0. The minimum Gasteiger partial charge on any atom is -0.481 e. The molecule has 0 heterocycles. The number of hydrogen-bond acceptors (Lipinski definition) is 4. The van der Waals surface area contributed by atoms with Crippen molar-refractivity contribution in [2.45, 2.75) is 6.92 Å². The molecule has 15 heavy (non-hydrogen) atoms. The van der Waals surface area contributed by atoms with Crippen molar-refractivity contribution in [3.8, 4) is 5.75 Å². The Morgan fingerprint density at radius 2 is 1.67 bits per heavy atom. The maximum absolute atomic E-state index is 10.4. The van der Waals surface area contributed by atoms with E-state index >= 15 is 0 Å². The molecule has 0 saturated heterocycles. The molecular formula is C9H10O6. The molecule has 0 aliphatic rings. The predicted molar refractivity (Wildman–Crippen MR) is 50.0 cm³/mol. The van der Waals surface area contributed by atoms with Crippen LogP contribution in [-0.2, 0) is 4.79 Å². The molecule has 1 rings (SSSR count).